The van der Waals surface area contributed by atoms with Gasteiger partial charge in [-0.2, -0.15) is 0 Å². The highest BCUT2D eigenvalue weighted by atomic mass is 79.9. The molecule has 3 heteroatoms. The number of halogens is 1. The van der Waals surface area contributed by atoms with E-state index in [0.717, 1.165) is 30.6 Å². The van der Waals surface area contributed by atoms with Crippen LogP contribution >= 0.6 is 15.9 Å². The van der Waals surface area contributed by atoms with Crippen LogP contribution in [0.5, 0.6) is 5.75 Å². The van der Waals surface area contributed by atoms with E-state index in [2.05, 4.69) is 41.9 Å². The van der Waals surface area contributed by atoms with Crippen LogP contribution in [0.4, 0.5) is 0 Å². The van der Waals surface area contributed by atoms with Crippen LogP contribution in [0.25, 0.3) is 0 Å². The molecule has 2 rings (SSSR count). The second-order valence-corrected chi connectivity index (χ2v) is 7.59. The first kappa shape index (κ1) is 16.8. The average molecular weight is 354 g/mol. The molecule has 0 bridgehead atoms. The lowest BCUT2D eigenvalue weighted by Crippen LogP contribution is -2.33. The molecule has 0 spiro atoms. The Morgan fingerprint density at radius 2 is 2.05 bits per heavy atom. The van der Waals surface area contributed by atoms with Crippen molar-refractivity contribution in [3.8, 4) is 5.75 Å². The van der Waals surface area contributed by atoms with Crippen molar-refractivity contribution in [1.29, 1.82) is 0 Å². The summed E-state index contributed by atoms with van der Waals surface area (Å²) in [5.41, 5.74) is 7.38. The van der Waals surface area contributed by atoms with Gasteiger partial charge in [-0.25, -0.2) is 0 Å². The smallest absolute Gasteiger partial charge is 0.119 e. The standard InChI is InChI=1S/C18H28BrNO/c1-12(2)13-4-5-14(11-20)15(8-13)9-16-10-17(21-3)6-7-18(16)19/h6-7,10,12-15H,4-5,8-9,11,20H2,1-3H3. The Bertz CT molecular complexity index is 461. The van der Waals surface area contributed by atoms with Gasteiger partial charge in [0.25, 0.3) is 0 Å². The Balaban J connectivity index is 2.14. The van der Waals surface area contributed by atoms with Gasteiger partial charge in [0, 0.05) is 4.47 Å². The molecule has 1 aromatic carbocycles. The van der Waals surface area contributed by atoms with Crippen molar-refractivity contribution < 1.29 is 4.74 Å². The summed E-state index contributed by atoms with van der Waals surface area (Å²) in [7, 11) is 1.73. The van der Waals surface area contributed by atoms with Crippen LogP contribution < -0.4 is 10.5 Å². The van der Waals surface area contributed by atoms with E-state index in [-0.39, 0.29) is 0 Å². The molecule has 0 aromatic heterocycles. The lowest BCUT2D eigenvalue weighted by atomic mass is 9.69. The minimum atomic E-state index is 0.665. The summed E-state index contributed by atoms with van der Waals surface area (Å²) in [6, 6.07) is 6.26. The third kappa shape index (κ3) is 4.23. The molecule has 0 radical (unpaired) electrons. The normalized spacial score (nSPS) is 26.1. The molecule has 0 saturated heterocycles. The summed E-state index contributed by atoms with van der Waals surface area (Å²) < 4.78 is 6.55. The van der Waals surface area contributed by atoms with Crippen molar-refractivity contribution in [2.45, 2.75) is 39.5 Å². The molecule has 1 saturated carbocycles. The number of benzene rings is 1. The van der Waals surface area contributed by atoms with Crippen molar-refractivity contribution in [2.75, 3.05) is 13.7 Å². The van der Waals surface area contributed by atoms with Crippen molar-refractivity contribution in [3.63, 3.8) is 0 Å². The summed E-state index contributed by atoms with van der Waals surface area (Å²) in [5.74, 6) is 3.92. The Morgan fingerprint density at radius 1 is 1.29 bits per heavy atom. The van der Waals surface area contributed by atoms with E-state index in [1.54, 1.807) is 7.11 Å². The Labute approximate surface area is 137 Å². The third-order valence-corrected chi connectivity index (χ3v) is 5.93. The van der Waals surface area contributed by atoms with Crippen LogP contribution in [0.2, 0.25) is 0 Å². The van der Waals surface area contributed by atoms with Gasteiger partial charge in [-0.1, -0.05) is 29.8 Å². The van der Waals surface area contributed by atoms with Crippen LogP contribution in [-0.2, 0) is 6.42 Å². The number of rotatable bonds is 5. The van der Waals surface area contributed by atoms with E-state index in [1.165, 1.54) is 29.3 Å². The maximum Gasteiger partial charge on any atom is 0.119 e. The molecule has 0 aliphatic heterocycles. The van der Waals surface area contributed by atoms with Crippen LogP contribution in [0.1, 0.15) is 38.7 Å². The highest BCUT2D eigenvalue weighted by molar-refractivity contribution is 9.10. The maximum absolute atomic E-state index is 6.03. The van der Waals surface area contributed by atoms with E-state index >= 15 is 0 Å². The number of methoxy groups -OCH3 is 1. The van der Waals surface area contributed by atoms with Gasteiger partial charge >= 0.3 is 0 Å². The van der Waals surface area contributed by atoms with Crippen LogP contribution in [-0.4, -0.2) is 13.7 Å². The first-order valence-electron chi connectivity index (χ1n) is 8.07. The van der Waals surface area contributed by atoms with E-state index in [9.17, 15) is 0 Å². The zero-order valence-electron chi connectivity index (χ0n) is 13.4. The van der Waals surface area contributed by atoms with Crippen molar-refractivity contribution in [1.82, 2.24) is 0 Å². The quantitative estimate of drug-likeness (QED) is 0.836. The van der Waals surface area contributed by atoms with Gasteiger partial charge in [-0.3, -0.25) is 0 Å². The predicted octanol–water partition coefficient (Wildman–Crippen LogP) is 4.65. The minimum absolute atomic E-state index is 0.665. The molecule has 21 heavy (non-hydrogen) atoms. The highest BCUT2D eigenvalue weighted by Gasteiger charge is 2.31. The van der Waals surface area contributed by atoms with Gasteiger partial charge in [0.1, 0.15) is 5.75 Å². The molecule has 1 aromatic rings. The molecule has 1 aliphatic rings. The number of ether oxygens (including phenoxy) is 1. The number of nitrogens with two attached hydrogens (primary N) is 1. The van der Waals surface area contributed by atoms with E-state index in [4.69, 9.17) is 10.5 Å². The van der Waals surface area contributed by atoms with Gasteiger partial charge in [0.15, 0.2) is 0 Å². The third-order valence-electron chi connectivity index (χ3n) is 5.16. The summed E-state index contributed by atoms with van der Waals surface area (Å²) in [6.45, 7) is 5.52. The average Bonchev–Trinajstić information content (AvgIpc) is 2.49. The molecular weight excluding hydrogens is 326 g/mol. The van der Waals surface area contributed by atoms with Crippen LogP contribution in [0.15, 0.2) is 22.7 Å². The fourth-order valence-corrected chi connectivity index (χ4v) is 4.05. The molecule has 2 nitrogen and oxygen atoms in total. The SMILES string of the molecule is COc1ccc(Br)c(CC2CC(C(C)C)CCC2CN)c1. The second kappa shape index (κ2) is 7.64. The maximum atomic E-state index is 6.03. The number of hydrogen-bond donors (Lipinski definition) is 1. The van der Waals surface area contributed by atoms with Crippen molar-refractivity contribution in [3.05, 3.63) is 28.2 Å². The summed E-state index contributed by atoms with van der Waals surface area (Å²) in [6.07, 6.45) is 5.03. The number of hydrogen-bond acceptors (Lipinski definition) is 2. The van der Waals surface area contributed by atoms with Gasteiger partial charge in [-0.15, -0.1) is 0 Å². The zero-order chi connectivity index (χ0) is 15.4. The molecule has 2 N–H and O–H groups in total. The van der Waals surface area contributed by atoms with Crippen LogP contribution in [0.3, 0.4) is 0 Å². The first-order chi connectivity index (χ1) is 10.0. The molecular formula is C18H28BrNO. The molecule has 3 atom stereocenters. The minimum Gasteiger partial charge on any atom is -0.497 e. The monoisotopic (exact) mass is 353 g/mol. The van der Waals surface area contributed by atoms with Crippen molar-refractivity contribution >= 4 is 15.9 Å². The van der Waals surface area contributed by atoms with Gasteiger partial charge in [-0.05, 0) is 79.7 Å². The van der Waals surface area contributed by atoms with Gasteiger partial charge in [0.2, 0.25) is 0 Å². The van der Waals surface area contributed by atoms with Crippen LogP contribution in [0, 0.1) is 23.7 Å². The van der Waals surface area contributed by atoms with Gasteiger partial charge < -0.3 is 10.5 Å². The second-order valence-electron chi connectivity index (χ2n) is 6.73. The lowest BCUT2D eigenvalue weighted by molar-refractivity contribution is 0.151. The fourth-order valence-electron chi connectivity index (χ4n) is 3.65. The summed E-state index contributed by atoms with van der Waals surface area (Å²) in [4.78, 5) is 0. The lowest BCUT2D eigenvalue weighted by Gasteiger charge is -2.37. The topological polar surface area (TPSA) is 35.2 Å². The summed E-state index contributed by atoms with van der Waals surface area (Å²) >= 11 is 3.69. The van der Waals surface area contributed by atoms with E-state index < -0.39 is 0 Å². The molecule has 1 fully saturated rings. The molecule has 0 heterocycles. The largest absolute Gasteiger partial charge is 0.497 e. The molecule has 118 valence electrons. The Morgan fingerprint density at radius 3 is 2.67 bits per heavy atom. The fraction of sp³-hybridized carbons (Fsp3) is 0.667. The summed E-state index contributed by atoms with van der Waals surface area (Å²) in [5, 5.41) is 0. The molecule has 0 amide bonds. The van der Waals surface area contributed by atoms with Crippen molar-refractivity contribution in [2.24, 2.45) is 29.4 Å². The first-order valence-corrected chi connectivity index (χ1v) is 8.87. The van der Waals surface area contributed by atoms with E-state index in [0.29, 0.717) is 11.8 Å². The Kier molecular flexibility index (Phi) is 6.12. The highest BCUT2D eigenvalue weighted by Crippen LogP contribution is 2.40. The van der Waals surface area contributed by atoms with Gasteiger partial charge in [0.05, 0.1) is 7.11 Å². The predicted molar refractivity (Wildman–Crippen MR) is 92.6 cm³/mol. The Hall–Kier alpha value is -0.540. The zero-order valence-corrected chi connectivity index (χ0v) is 15.0. The molecule has 1 aliphatic carbocycles. The molecule has 3 unspecified atom stereocenters. The van der Waals surface area contributed by atoms with E-state index in [1.807, 2.05) is 6.07 Å².